The third-order valence-corrected chi connectivity index (χ3v) is 2.95. The summed E-state index contributed by atoms with van der Waals surface area (Å²) in [6, 6.07) is 3.66. The molecule has 0 aliphatic rings. The van der Waals surface area contributed by atoms with E-state index in [1.54, 1.807) is 20.8 Å². The molecule has 5 nitrogen and oxygen atoms in total. The molecule has 122 valence electrons. The van der Waals surface area contributed by atoms with Crippen molar-refractivity contribution in [2.75, 3.05) is 0 Å². The Kier molecular flexibility index (Phi) is 4.53. The van der Waals surface area contributed by atoms with E-state index < -0.39 is 17.7 Å². The average Bonchev–Trinajstić information content (AvgIpc) is 2.82. The molecule has 0 aliphatic carbocycles. The lowest BCUT2D eigenvalue weighted by Gasteiger charge is -2.06. The highest BCUT2D eigenvalue weighted by atomic mass is 19.4. The summed E-state index contributed by atoms with van der Waals surface area (Å²) in [7, 11) is 0. The molecule has 0 unspecified atom stereocenters. The third kappa shape index (κ3) is 3.97. The van der Waals surface area contributed by atoms with Gasteiger partial charge in [0.2, 0.25) is 0 Å². The monoisotopic (exact) mass is 326 g/mol. The predicted molar refractivity (Wildman–Crippen MR) is 75.0 cm³/mol. The molecule has 0 atom stereocenters. The standard InChI is InChI=1S/C15H13F3N2O3/c1-8-13(22-10(3)19-8)9(2)20-23-14(21)11-4-6-12(7-5-11)15(16,17)18/h4-7H,1-3H3/b20-9+. The maximum absolute atomic E-state index is 12.4. The number of carbonyl (C=O) groups excluding carboxylic acids is 1. The molecule has 1 aromatic heterocycles. The molecule has 23 heavy (non-hydrogen) atoms. The number of aryl methyl sites for hydroxylation is 2. The van der Waals surface area contributed by atoms with Crippen molar-refractivity contribution in [2.24, 2.45) is 5.16 Å². The van der Waals surface area contributed by atoms with Gasteiger partial charge in [-0.15, -0.1) is 0 Å². The number of benzene rings is 1. The van der Waals surface area contributed by atoms with E-state index in [0.717, 1.165) is 24.3 Å². The minimum absolute atomic E-state index is 0.0416. The molecular weight excluding hydrogens is 313 g/mol. The maximum Gasteiger partial charge on any atom is 0.416 e. The largest absolute Gasteiger partial charge is 0.439 e. The number of oxime groups is 1. The van der Waals surface area contributed by atoms with Gasteiger partial charge in [-0.05, 0) is 38.1 Å². The molecule has 0 amide bonds. The second kappa shape index (κ2) is 6.23. The number of aromatic nitrogens is 1. The summed E-state index contributed by atoms with van der Waals surface area (Å²) in [6.45, 7) is 4.94. The first-order chi connectivity index (χ1) is 10.7. The van der Waals surface area contributed by atoms with Crippen molar-refractivity contribution in [2.45, 2.75) is 26.9 Å². The fourth-order valence-corrected chi connectivity index (χ4v) is 1.87. The summed E-state index contributed by atoms with van der Waals surface area (Å²) in [4.78, 5) is 20.5. The van der Waals surface area contributed by atoms with Crippen LogP contribution in [0.15, 0.2) is 33.8 Å². The Bertz CT molecular complexity index is 746. The number of alkyl halides is 3. The molecule has 0 N–H and O–H groups in total. The number of hydrogen-bond donors (Lipinski definition) is 0. The number of nitrogens with zero attached hydrogens (tertiary/aromatic N) is 2. The van der Waals surface area contributed by atoms with Gasteiger partial charge < -0.3 is 9.25 Å². The van der Waals surface area contributed by atoms with Crippen molar-refractivity contribution >= 4 is 11.7 Å². The summed E-state index contributed by atoms with van der Waals surface area (Å²) < 4.78 is 42.7. The lowest BCUT2D eigenvalue weighted by atomic mass is 10.1. The second-order valence-electron chi connectivity index (χ2n) is 4.78. The topological polar surface area (TPSA) is 64.7 Å². The lowest BCUT2D eigenvalue weighted by Crippen LogP contribution is -2.07. The summed E-state index contributed by atoms with van der Waals surface area (Å²) in [5, 5.41) is 3.63. The number of hydrogen-bond acceptors (Lipinski definition) is 5. The number of carbonyl (C=O) groups is 1. The highest BCUT2D eigenvalue weighted by molar-refractivity contribution is 5.97. The van der Waals surface area contributed by atoms with Gasteiger partial charge in [0.05, 0.1) is 16.8 Å². The van der Waals surface area contributed by atoms with Crippen LogP contribution in [0.5, 0.6) is 0 Å². The molecule has 0 radical (unpaired) electrons. The number of oxazole rings is 1. The molecule has 1 aromatic carbocycles. The van der Waals surface area contributed by atoms with Crippen LogP contribution in [-0.2, 0) is 11.0 Å². The number of halogens is 3. The highest BCUT2D eigenvalue weighted by Crippen LogP contribution is 2.29. The molecule has 0 fully saturated rings. The molecule has 8 heteroatoms. The smallest absolute Gasteiger partial charge is 0.416 e. The van der Waals surface area contributed by atoms with E-state index in [4.69, 9.17) is 9.25 Å². The minimum Gasteiger partial charge on any atom is -0.439 e. The van der Waals surface area contributed by atoms with Gasteiger partial charge in [-0.3, -0.25) is 0 Å². The van der Waals surface area contributed by atoms with Crippen LogP contribution in [0.1, 0.15) is 40.2 Å². The Morgan fingerprint density at radius 3 is 2.30 bits per heavy atom. The molecule has 2 rings (SSSR count). The van der Waals surface area contributed by atoms with E-state index in [0.29, 0.717) is 23.1 Å². The van der Waals surface area contributed by atoms with E-state index >= 15 is 0 Å². The Hall–Kier alpha value is -2.64. The second-order valence-corrected chi connectivity index (χ2v) is 4.78. The van der Waals surface area contributed by atoms with E-state index in [1.807, 2.05) is 0 Å². The van der Waals surface area contributed by atoms with Gasteiger partial charge in [-0.25, -0.2) is 9.78 Å². The van der Waals surface area contributed by atoms with Gasteiger partial charge >= 0.3 is 12.1 Å². The van der Waals surface area contributed by atoms with Crippen molar-refractivity contribution in [3.05, 3.63) is 52.7 Å². The number of rotatable bonds is 3. The van der Waals surface area contributed by atoms with Crippen LogP contribution in [0, 0.1) is 13.8 Å². The van der Waals surface area contributed by atoms with Gasteiger partial charge in [0.1, 0.15) is 5.71 Å². The van der Waals surface area contributed by atoms with E-state index in [2.05, 4.69) is 10.1 Å². The first kappa shape index (κ1) is 16.7. The molecule has 0 aliphatic heterocycles. The lowest BCUT2D eigenvalue weighted by molar-refractivity contribution is -0.137. The van der Waals surface area contributed by atoms with E-state index in [1.165, 1.54) is 0 Å². The fourth-order valence-electron chi connectivity index (χ4n) is 1.87. The van der Waals surface area contributed by atoms with Crippen LogP contribution in [0.4, 0.5) is 13.2 Å². The third-order valence-electron chi connectivity index (χ3n) is 2.95. The maximum atomic E-state index is 12.4. The molecule has 0 saturated heterocycles. The Labute approximate surface area is 129 Å². The molecule has 1 heterocycles. The van der Waals surface area contributed by atoms with E-state index in [-0.39, 0.29) is 5.56 Å². The Morgan fingerprint density at radius 1 is 1.22 bits per heavy atom. The quantitative estimate of drug-likeness (QED) is 0.487. The van der Waals surface area contributed by atoms with Crippen molar-refractivity contribution in [3.63, 3.8) is 0 Å². The zero-order chi connectivity index (χ0) is 17.2. The van der Waals surface area contributed by atoms with Gasteiger partial charge in [0.15, 0.2) is 11.7 Å². The zero-order valence-electron chi connectivity index (χ0n) is 12.6. The fraction of sp³-hybridized carbons (Fsp3) is 0.267. The van der Waals surface area contributed by atoms with Crippen molar-refractivity contribution < 1.29 is 27.2 Å². The van der Waals surface area contributed by atoms with Crippen LogP contribution >= 0.6 is 0 Å². The molecular formula is C15H13F3N2O3. The zero-order valence-corrected chi connectivity index (χ0v) is 12.6. The van der Waals surface area contributed by atoms with Crippen LogP contribution in [-0.4, -0.2) is 16.7 Å². The van der Waals surface area contributed by atoms with Crippen LogP contribution < -0.4 is 0 Å². The van der Waals surface area contributed by atoms with E-state index in [9.17, 15) is 18.0 Å². The summed E-state index contributed by atoms with van der Waals surface area (Å²) in [5.74, 6) is -0.0456. The molecule has 0 saturated carbocycles. The normalized spacial score (nSPS) is 12.3. The van der Waals surface area contributed by atoms with Crippen molar-refractivity contribution in [3.8, 4) is 0 Å². The predicted octanol–water partition coefficient (Wildman–Crippen LogP) is 3.89. The first-order valence-corrected chi connectivity index (χ1v) is 6.56. The molecule has 0 spiro atoms. The van der Waals surface area contributed by atoms with Crippen molar-refractivity contribution in [1.82, 2.24) is 4.98 Å². The highest BCUT2D eigenvalue weighted by Gasteiger charge is 2.30. The Morgan fingerprint density at radius 2 is 1.83 bits per heavy atom. The first-order valence-electron chi connectivity index (χ1n) is 6.56. The molecule has 2 aromatic rings. The van der Waals surface area contributed by atoms with Gasteiger partial charge in [0, 0.05) is 6.92 Å². The van der Waals surface area contributed by atoms with Crippen LogP contribution in [0.25, 0.3) is 0 Å². The Balaban J connectivity index is 2.10. The van der Waals surface area contributed by atoms with Crippen molar-refractivity contribution in [1.29, 1.82) is 0 Å². The van der Waals surface area contributed by atoms with Gasteiger partial charge in [0.25, 0.3) is 0 Å². The van der Waals surface area contributed by atoms with Gasteiger partial charge in [-0.1, -0.05) is 5.16 Å². The molecule has 0 bridgehead atoms. The summed E-state index contributed by atoms with van der Waals surface area (Å²) in [6.07, 6.45) is -4.46. The van der Waals surface area contributed by atoms with Crippen LogP contribution in [0.2, 0.25) is 0 Å². The van der Waals surface area contributed by atoms with Crippen LogP contribution in [0.3, 0.4) is 0 Å². The SMILES string of the molecule is C/C(=N\OC(=O)c1ccc(C(F)(F)F)cc1)c1oc(C)nc1C. The summed E-state index contributed by atoms with van der Waals surface area (Å²) >= 11 is 0. The summed E-state index contributed by atoms with van der Waals surface area (Å²) in [5.41, 5.74) is -0.000736. The average molecular weight is 326 g/mol. The van der Waals surface area contributed by atoms with Gasteiger partial charge in [-0.2, -0.15) is 13.2 Å². The minimum atomic E-state index is -4.46.